The van der Waals surface area contributed by atoms with E-state index in [0.717, 1.165) is 33.8 Å². The summed E-state index contributed by atoms with van der Waals surface area (Å²) in [5.41, 5.74) is 4.99. The number of rotatable bonds is 4. The molecule has 1 aromatic heterocycles. The van der Waals surface area contributed by atoms with Crippen molar-refractivity contribution in [3.05, 3.63) is 52.3 Å². The van der Waals surface area contributed by atoms with Crippen molar-refractivity contribution in [2.75, 3.05) is 6.61 Å². The quantitative estimate of drug-likeness (QED) is 0.764. The highest BCUT2D eigenvalue weighted by Crippen LogP contribution is 2.25. The molecule has 0 aliphatic heterocycles. The first-order valence-corrected chi connectivity index (χ1v) is 8.04. The van der Waals surface area contributed by atoms with Gasteiger partial charge < -0.3 is 9.30 Å². The summed E-state index contributed by atoms with van der Waals surface area (Å²) in [5.74, 6) is 0.803. The molecule has 2 aromatic rings. The fraction of sp³-hybridized carbons (Fsp3) is 0.450. The highest BCUT2D eigenvalue weighted by Gasteiger charge is 2.22. The van der Waals surface area contributed by atoms with Crippen molar-refractivity contribution < 1.29 is 9.53 Å². The Kier molecular flexibility index (Phi) is 4.69. The van der Waals surface area contributed by atoms with Crippen LogP contribution in [0.2, 0.25) is 0 Å². The summed E-state index contributed by atoms with van der Waals surface area (Å²) in [5, 5.41) is 0. The largest absolute Gasteiger partial charge is 0.485 e. The Balaban J connectivity index is 2.21. The lowest BCUT2D eigenvalue weighted by molar-refractivity contribution is 0.0920. The number of ketones is 1. The Morgan fingerprint density at radius 1 is 1.09 bits per heavy atom. The van der Waals surface area contributed by atoms with Gasteiger partial charge in [-0.1, -0.05) is 12.1 Å². The topological polar surface area (TPSA) is 31.2 Å². The maximum absolute atomic E-state index is 12.6. The lowest BCUT2D eigenvalue weighted by Crippen LogP contribution is -2.24. The van der Waals surface area contributed by atoms with Crippen LogP contribution in [0.5, 0.6) is 5.75 Å². The lowest BCUT2D eigenvalue weighted by atomic mass is 10.1. The third-order valence-electron chi connectivity index (χ3n) is 4.10. The Morgan fingerprint density at radius 3 is 2.30 bits per heavy atom. The molecule has 0 saturated heterocycles. The molecule has 23 heavy (non-hydrogen) atoms. The second-order valence-corrected chi connectivity index (χ2v) is 7.27. The average Bonchev–Trinajstić information content (AvgIpc) is 2.74. The van der Waals surface area contributed by atoms with E-state index < -0.39 is 0 Å². The summed E-state index contributed by atoms with van der Waals surface area (Å²) in [6.07, 6.45) is 0. The highest BCUT2D eigenvalue weighted by molar-refractivity contribution is 5.98. The Morgan fingerprint density at radius 2 is 1.74 bits per heavy atom. The second-order valence-electron chi connectivity index (χ2n) is 7.27. The third-order valence-corrected chi connectivity index (χ3v) is 4.10. The molecule has 0 fully saturated rings. The van der Waals surface area contributed by atoms with E-state index in [0.29, 0.717) is 0 Å². The van der Waals surface area contributed by atoms with Crippen molar-refractivity contribution in [2.45, 2.75) is 54.0 Å². The van der Waals surface area contributed by atoms with Crippen LogP contribution in [0.4, 0.5) is 0 Å². The number of aryl methyl sites for hydroxylation is 3. The van der Waals surface area contributed by atoms with Gasteiger partial charge in [-0.2, -0.15) is 0 Å². The van der Waals surface area contributed by atoms with Crippen molar-refractivity contribution in [3.63, 3.8) is 0 Å². The minimum atomic E-state index is -0.0410. The van der Waals surface area contributed by atoms with Crippen LogP contribution in [0.1, 0.15) is 53.6 Å². The van der Waals surface area contributed by atoms with Crippen LogP contribution in [0.3, 0.4) is 0 Å². The van der Waals surface area contributed by atoms with Crippen LogP contribution in [0.25, 0.3) is 0 Å². The van der Waals surface area contributed by atoms with E-state index in [1.54, 1.807) is 0 Å². The van der Waals surface area contributed by atoms with Crippen LogP contribution < -0.4 is 4.74 Å². The summed E-state index contributed by atoms with van der Waals surface area (Å²) < 4.78 is 7.97. The number of aromatic nitrogens is 1. The molecule has 0 bridgehead atoms. The molecular formula is C20H27NO2. The van der Waals surface area contributed by atoms with Gasteiger partial charge in [-0.25, -0.2) is 0 Å². The molecule has 3 heteroatoms. The van der Waals surface area contributed by atoms with Crippen molar-refractivity contribution in [1.29, 1.82) is 0 Å². The first-order chi connectivity index (χ1) is 10.6. The molecule has 0 radical (unpaired) electrons. The van der Waals surface area contributed by atoms with Crippen molar-refractivity contribution >= 4 is 5.78 Å². The van der Waals surface area contributed by atoms with Crippen LogP contribution in [0, 0.1) is 27.7 Å². The van der Waals surface area contributed by atoms with Gasteiger partial charge in [0.1, 0.15) is 5.75 Å². The van der Waals surface area contributed by atoms with Crippen molar-refractivity contribution in [3.8, 4) is 5.75 Å². The van der Waals surface area contributed by atoms with E-state index in [-0.39, 0.29) is 17.9 Å². The predicted octanol–water partition coefficient (Wildman–Crippen LogP) is 4.74. The molecule has 0 spiro atoms. The first-order valence-electron chi connectivity index (χ1n) is 8.04. The van der Waals surface area contributed by atoms with E-state index in [1.807, 2.05) is 52.0 Å². The van der Waals surface area contributed by atoms with Crippen LogP contribution >= 0.6 is 0 Å². The Bertz CT molecular complexity index is 733. The fourth-order valence-electron chi connectivity index (χ4n) is 3.16. The fourth-order valence-corrected chi connectivity index (χ4v) is 3.16. The zero-order chi connectivity index (χ0) is 17.4. The minimum absolute atomic E-state index is 0.0227. The normalized spacial score (nSPS) is 11.6. The summed E-state index contributed by atoms with van der Waals surface area (Å²) in [6, 6.07) is 8.00. The summed E-state index contributed by atoms with van der Waals surface area (Å²) in [6.45, 7) is 14.6. The Labute approximate surface area is 139 Å². The van der Waals surface area contributed by atoms with Crippen LogP contribution in [-0.4, -0.2) is 17.0 Å². The molecule has 124 valence electrons. The first kappa shape index (κ1) is 17.3. The average molecular weight is 313 g/mol. The van der Waals surface area contributed by atoms with Gasteiger partial charge in [0.05, 0.1) is 0 Å². The van der Waals surface area contributed by atoms with Gasteiger partial charge in [-0.3, -0.25) is 4.79 Å². The third kappa shape index (κ3) is 3.66. The van der Waals surface area contributed by atoms with Gasteiger partial charge in [0.2, 0.25) is 5.78 Å². The molecule has 0 amide bonds. The zero-order valence-electron chi connectivity index (χ0n) is 15.3. The lowest BCUT2D eigenvalue weighted by Gasteiger charge is -2.25. The van der Waals surface area contributed by atoms with Gasteiger partial charge in [0.15, 0.2) is 6.61 Å². The minimum Gasteiger partial charge on any atom is -0.485 e. The van der Waals surface area contributed by atoms with Gasteiger partial charge in [0.25, 0.3) is 0 Å². The smallest absolute Gasteiger partial charge is 0.202 e. The number of carbonyl (C=O) groups is 1. The standard InChI is InChI=1S/C20H27NO2/c1-13-8-9-14(2)19(10-13)23-12-18(22)17-11-15(3)21(16(17)4)20(5,6)7/h8-11H,12H2,1-7H3. The van der Waals surface area contributed by atoms with Crippen molar-refractivity contribution in [1.82, 2.24) is 4.57 Å². The maximum Gasteiger partial charge on any atom is 0.202 e. The van der Waals surface area contributed by atoms with Gasteiger partial charge in [-0.05, 0) is 71.7 Å². The highest BCUT2D eigenvalue weighted by atomic mass is 16.5. The monoisotopic (exact) mass is 313 g/mol. The number of benzene rings is 1. The number of hydrogen-bond donors (Lipinski definition) is 0. The van der Waals surface area contributed by atoms with Gasteiger partial charge in [0, 0.05) is 22.5 Å². The molecule has 0 atom stereocenters. The van der Waals surface area contributed by atoms with Crippen molar-refractivity contribution in [2.24, 2.45) is 0 Å². The second kappa shape index (κ2) is 6.23. The molecular weight excluding hydrogens is 286 g/mol. The molecule has 3 nitrogen and oxygen atoms in total. The number of carbonyl (C=O) groups excluding carboxylic acids is 1. The maximum atomic E-state index is 12.6. The SMILES string of the molecule is Cc1ccc(C)c(OCC(=O)c2cc(C)n(C(C)(C)C)c2C)c1. The molecule has 2 rings (SSSR count). The molecule has 0 N–H and O–H groups in total. The van der Waals surface area contributed by atoms with Crippen LogP contribution in [0.15, 0.2) is 24.3 Å². The summed E-state index contributed by atoms with van der Waals surface area (Å²) in [7, 11) is 0. The molecule has 0 saturated carbocycles. The number of ether oxygens (including phenoxy) is 1. The summed E-state index contributed by atoms with van der Waals surface area (Å²) >= 11 is 0. The molecule has 1 aromatic carbocycles. The number of nitrogens with zero attached hydrogens (tertiary/aromatic N) is 1. The molecule has 1 heterocycles. The zero-order valence-corrected chi connectivity index (χ0v) is 15.3. The Hall–Kier alpha value is -2.03. The van der Waals surface area contributed by atoms with Gasteiger partial charge >= 0.3 is 0 Å². The van der Waals surface area contributed by atoms with E-state index in [4.69, 9.17) is 4.74 Å². The van der Waals surface area contributed by atoms with Crippen LogP contribution in [-0.2, 0) is 5.54 Å². The molecule has 0 aliphatic carbocycles. The number of hydrogen-bond acceptors (Lipinski definition) is 2. The van der Waals surface area contributed by atoms with Gasteiger partial charge in [-0.15, -0.1) is 0 Å². The van der Waals surface area contributed by atoms with E-state index >= 15 is 0 Å². The predicted molar refractivity (Wildman–Crippen MR) is 94.6 cm³/mol. The molecule has 0 unspecified atom stereocenters. The van der Waals surface area contributed by atoms with E-state index in [1.165, 1.54) is 0 Å². The summed E-state index contributed by atoms with van der Waals surface area (Å²) in [4.78, 5) is 12.6. The van der Waals surface area contributed by atoms with E-state index in [2.05, 4.69) is 25.3 Å². The van der Waals surface area contributed by atoms with E-state index in [9.17, 15) is 4.79 Å². The molecule has 0 aliphatic rings. The number of Topliss-reactive ketones (excluding diaryl/α,β-unsaturated/α-hetero) is 1.